The summed E-state index contributed by atoms with van der Waals surface area (Å²) in [7, 11) is 0. The zero-order valence-electron chi connectivity index (χ0n) is 15.6. The molecule has 0 saturated heterocycles. The molecule has 6 nitrogen and oxygen atoms in total. The van der Waals surface area contributed by atoms with E-state index in [1.165, 1.54) is 5.56 Å². The van der Waals surface area contributed by atoms with E-state index in [0.717, 1.165) is 30.0 Å². The van der Waals surface area contributed by atoms with Gasteiger partial charge in [0.15, 0.2) is 0 Å². The van der Waals surface area contributed by atoms with E-state index in [0.29, 0.717) is 18.3 Å². The van der Waals surface area contributed by atoms with E-state index in [4.69, 9.17) is 4.42 Å². The van der Waals surface area contributed by atoms with Crippen LogP contribution >= 0.6 is 11.3 Å². The summed E-state index contributed by atoms with van der Waals surface area (Å²) >= 11 is 1.56. The van der Waals surface area contributed by atoms with Crippen molar-refractivity contribution in [3.8, 4) is 10.8 Å². The number of rotatable bonds is 9. The van der Waals surface area contributed by atoms with E-state index in [9.17, 15) is 4.79 Å². The summed E-state index contributed by atoms with van der Waals surface area (Å²) in [6.45, 7) is 5.70. The highest BCUT2D eigenvalue weighted by Crippen LogP contribution is 2.23. The van der Waals surface area contributed by atoms with Crippen molar-refractivity contribution >= 4 is 22.9 Å². The molecule has 2 aromatic heterocycles. The Balaban J connectivity index is 1.58. The molecule has 0 spiro atoms. The molecule has 0 radical (unpaired) electrons. The largest absolute Gasteiger partial charge is 0.419 e. The summed E-state index contributed by atoms with van der Waals surface area (Å²) in [5.41, 5.74) is 2.06. The highest BCUT2D eigenvalue weighted by atomic mass is 32.1. The molecule has 3 rings (SSSR count). The van der Waals surface area contributed by atoms with Crippen LogP contribution in [0.5, 0.6) is 0 Å². The minimum absolute atomic E-state index is 0.0503. The van der Waals surface area contributed by atoms with Gasteiger partial charge in [0, 0.05) is 5.69 Å². The SMILES string of the molecule is CCCN(CC(=O)Nc1ccc(CC)cc1)Cc1nnc(-c2cccs2)o1. The second-order valence-corrected chi connectivity index (χ2v) is 7.24. The van der Waals surface area contributed by atoms with Crippen LogP contribution in [0.25, 0.3) is 10.8 Å². The summed E-state index contributed by atoms with van der Waals surface area (Å²) in [4.78, 5) is 15.4. The van der Waals surface area contributed by atoms with E-state index in [-0.39, 0.29) is 12.5 Å². The number of thiophene rings is 1. The van der Waals surface area contributed by atoms with Gasteiger partial charge in [0.2, 0.25) is 11.8 Å². The number of hydrogen-bond donors (Lipinski definition) is 1. The smallest absolute Gasteiger partial charge is 0.257 e. The maximum Gasteiger partial charge on any atom is 0.257 e. The lowest BCUT2D eigenvalue weighted by Crippen LogP contribution is -2.33. The first-order chi connectivity index (χ1) is 13.2. The molecule has 3 aromatic rings. The maximum atomic E-state index is 12.4. The van der Waals surface area contributed by atoms with Crippen molar-refractivity contribution in [2.75, 3.05) is 18.4 Å². The Morgan fingerprint density at radius 3 is 2.67 bits per heavy atom. The zero-order valence-corrected chi connectivity index (χ0v) is 16.5. The van der Waals surface area contributed by atoms with Crippen molar-refractivity contribution in [2.24, 2.45) is 0 Å². The maximum absolute atomic E-state index is 12.4. The van der Waals surface area contributed by atoms with Crippen molar-refractivity contribution in [3.63, 3.8) is 0 Å². The van der Waals surface area contributed by atoms with Crippen molar-refractivity contribution < 1.29 is 9.21 Å². The number of aryl methyl sites for hydroxylation is 1. The van der Waals surface area contributed by atoms with Crippen LogP contribution in [-0.2, 0) is 17.8 Å². The molecule has 1 N–H and O–H groups in total. The normalized spacial score (nSPS) is 11.1. The lowest BCUT2D eigenvalue weighted by Gasteiger charge is -2.19. The van der Waals surface area contributed by atoms with Gasteiger partial charge >= 0.3 is 0 Å². The summed E-state index contributed by atoms with van der Waals surface area (Å²) < 4.78 is 5.75. The molecular formula is C20H24N4O2S. The monoisotopic (exact) mass is 384 g/mol. The van der Waals surface area contributed by atoms with Gasteiger partial charge in [0.05, 0.1) is 18.0 Å². The molecule has 0 aliphatic carbocycles. The van der Waals surface area contributed by atoms with Crippen LogP contribution < -0.4 is 5.32 Å². The predicted molar refractivity (Wildman–Crippen MR) is 108 cm³/mol. The van der Waals surface area contributed by atoms with E-state index in [1.807, 2.05) is 46.7 Å². The number of aromatic nitrogens is 2. The second-order valence-electron chi connectivity index (χ2n) is 6.29. The van der Waals surface area contributed by atoms with Crippen molar-refractivity contribution in [2.45, 2.75) is 33.2 Å². The van der Waals surface area contributed by atoms with Crippen LogP contribution in [0.3, 0.4) is 0 Å². The molecular weight excluding hydrogens is 360 g/mol. The predicted octanol–water partition coefficient (Wildman–Crippen LogP) is 4.21. The molecule has 1 amide bonds. The average molecular weight is 385 g/mol. The number of benzene rings is 1. The van der Waals surface area contributed by atoms with Gasteiger partial charge in [-0.15, -0.1) is 21.5 Å². The number of carbonyl (C=O) groups is 1. The van der Waals surface area contributed by atoms with Gasteiger partial charge in [-0.05, 0) is 48.5 Å². The van der Waals surface area contributed by atoms with Gasteiger partial charge < -0.3 is 9.73 Å². The number of carbonyl (C=O) groups excluding carboxylic acids is 1. The van der Waals surface area contributed by atoms with Gasteiger partial charge in [-0.1, -0.05) is 32.0 Å². The van der Waals surface area contributed by atoms with E-state index in [1.54, 1.807) is 11.3 Å². The van der Waals surface area contributed by atoms with E-state index < -0.39 is 0 Å². The summed E-state index contributed by atoms with van der Waals surface area (Å²) in [5.74, 6) is 0.995. The molecule has 7 heteroatoms. The summed E-state index contributed by atoms with van der Waals surface area (Å²) in [6, 6.07) is 11.8. The number of nitrogens with one attached hydrogen (secondary N) is 1. The van der Waals surface area contributed by atoms with Crippen LogP contribution in [0.4, 0.5) is 5.69 Å². The van der Waals surface area contributed by atoms with Gasteiger partial charge in [-0.2, -0.15) is 0 Å². The number of nitrogens with zero attached hydrogens (tertiary/aromatic N) is 3. The van der Waals surface area contributed by atoms with Crippen molar-refractivity contribution in [3.05, 3.63) is 53.2 Å². The quantitative estimate of drug-likeness (QED) is 0.598. The van der Waals surface area contributed by atoms with Gasteiger partial charge in [0.1, 0.15) is 0 Å². The third-order valence-electron chi connectivity index (χ3n) is 4.11. The third kappa shape index (κ3) is 5.48. The first-order valence-electron chi connectivity index (χ1n) is 9.15. The molecule has 0 atom stereocenters. The van der Waals surface area contributed by atoms with Crippen LogP contribution in [0.15, 0.2) is 46.2 Å². The molecule has 0 bridgehead atoms. The Labute approximate surface area is 163 Å². The Bertz CT molecular complexity index is 843. The second kappa shape index (κ2) is 9.43. The van der Waals surface area contributed by atoms with E-state index >= 15 is 0 Å². The lowest BCUT2D eigenvalue weighted by molar-refractivity contribution is -0.117. The standard InChI is InChI=1S/C20H24N4O2S/c1-3-11-24(13-18(25)21-16-9-7-15(4-2)8-10-16)14-19-22-23-20(26-19)17-6-5-12-27-17/h5-10,12H,3-4,11,13-14H2,1-2H3,(H,21,25). The molecule has 0 aliphatic heterocycles. The number of amides is 1. The fraction of sp³-hybridized carbons (Fsp3) is 0.350. The zero-order chi connectivity index (χ0) is 19.1. The number of hydrogen-bond acceptors (Lipinski definition) is 6. The fourth-order valence-electron chi connectivity index (χ4n) is 2.77. The molecule has 0 unspecified atom stereocenters. The molecule has 0 fully saturated rings. The molecule has 0 aliphatic rings. The van der Waals surface area contributed by atoms with Crippen LogP contribution in [0.2, 0.25) is 0 Å². The molecule has 0 saturated carbocycles. The van der Waals surface area contributed by atoms with Crippen LogP contribution in [0, 0.1) is 0 Å². The minimum atomic E-state index is -0.0503. The summed E-state index contributed by atoms with van der Waals surface area (Å²) in [6.07, 6.45) is 1.92. The molecule has 1 aromatic carbocycles. The highest BCUT2D eigenvalue weighted by Gasteiger charge is 2.16. The van der Waals surface area contributed by atoms with Crippen molar-refractivity contribution in [1.82, 2.24) is 15.1 Å². The molecule has 2 heterocycles. The highest BCUT2D eigenvalue weighted by molar-refractivity contribution is 7.13. The Morgan fingerprint density at radius 2 is 2.00 bits per heavy atom. The van der Waals surface area contributed by atoms with E-state index in [2.05, 4.69) is 29.4 Å². The van der Waals surface area contributed by atoms with Crippen LogP contribution in [-0.4, -0.2) is 34.1 Å². The van der Waals surface area contributed by atoms with Gasteiger partial charge in [-0.3, -0.25) is 9.69 Å². The topological polar surface area (TPSA) is 71.3 Å². The molecule has 27 heavy (non-hydrogen) atoms. The first kappa shape index (κ1) is 19.3. The van der Waals surface area contributed by atoms with Gasteiger partial charge in [-0.25, -0.2) is 0 Å². The van der Waals surface area contributed by atoms with Gasteiger partial charge in [0.25, 0.3) is 5.89 Å². The van der Waals surface area contributed by atoms with Crippen molar-refractivity contribution in [1.29, 1.82) is 0 Å². The Kier molecular flexibility index (Phi) is 6.73. The average Bonchev–Trinajstić information content (AvgIpc) is 3.34. The molecule has 142 valence electrons. The first-order valence-corrected chi connectivity index (χ1v) is 10.0. The lowest BCUT2D eigenvalue weighted by atomic mass is 10.1. The Hall–Kier alpha value is -2.51. The fourth-order valence-corrected chi connectivity index (χ4v) is 3.41. The Morgan fingerprint density at radius 1 is 1.19 bits per heavy atom. The third-order valence-corrected chi connectivity index (χ3v) is 4.97. The minimum Gasteiger partial charge on any atom is -0.419 e. The summed E-state index contributed by atoms with van der Waals surface area (Å²) in [5, 5.41) is 13.1. The van der Waals surface area contributed by atoms with Crippen LogP contribution in [0.1, 0.15) is 31.7 Å². The number of anilines is 1.